The van der Waals surface area contributed by atoms with Crippen LogP contribution in [0.4, 0.5) is 0 Å². The fraction of sp³-hybridized carbons (Fsp3) is 0.357. The van der Waals surface area contributed by atoms with Crippen LogP contribution in [0.3, 0.4) is 0 Å². The Morgan fingerprint density at radius 2 is 1.88 bits per heavy atom. The molecule has 174 valence electrons. The van der Waals surface area contributed by atoms with Gasteiger partial charge in [0.15, 0.2) is 5.78 Å². The molecular formula is C28H29N3O3. The highest BCUT2D eigenvalue weighted by molar-refractivity contribution is 5.96. The van der Waals surface area contributed by atoms with Crippen molar-refractivity contribution < 1.29 is 14.3 Å². The van der Waals surface area contributed by atoms with Crippen LogP contribution in [-0.2, 0) is 12.8 Å². The normalized spacial score (nSPS) is 15.2. The molecular weight excluding hydrogens is 426 g/mol. The molecule has 0 unspecified atom stereocenters. The van der Waals surface area contributed by atoms with Gasteiger partial charge in [0.1, 0.15) is 17.7 Å². The Morgan fingerprint density at radius 1 is 1.09 bits per heavy atom. The monoisotopic (exact) mass is 455 g/mol. The molecule has 0 aliphatic heterocycles. The van der Waals surface area contributed by atoms with Crippen LogP contribution < -0.4 is 9.47 Å². The number of aromatic nitrogens is 3. The highest BCUT2D eigenvalue weighted by Crippen LogP contribution is 2.39. The van der Waals surface area contributed by atoms with E-state index in [0.717, 1.165) is 47.2 Å². The van der Waals surface area contributed by atoms with Crippen molar-refractivity contribution in [3.8, 4) is 11.6 Å². The summed E-state index contributed by atoms with van der Waals surface area (Å²) in [6.07, 6.45) is 12.2. The van der Waals surface area contributed by atoms with E-state index in [1.54, 1.807) is 19.5 Å². The first-order valence-corrected chi connectivity index (χ1v) is 12.0. The summed E-state index contributed by atoms with van der Waals surface area (Å²) in [5.74, 6) is 2.14. The molecule has 0 saturated heterocycles. The fourth-order valence-electron chi connectivity index (χ4n) is 4.81. The Labute approximate surface area is 200 Å². The minimum Gasteiger partial charge on any atom is -0.496 e. The van der Waals surface area contributed by atoms with Crippen LogP contribution in [0.2, 0.25) is 0 Å². The third-order valence-corrected chi connectivity index (χ3v) is 6.62. The lowest BCUT2D eigenvalue weighted by atomic mass is 10.0. The number of hydrogen-bond acceptors (Lipinski definition) is 6. The number of methoxy groups -OCH3 is 1. The maximum atomic E-state index is 12.1. The van der Waals surface area contributed by atoms with E-state index in [1.165, 1.54) is 12.8 Å². The van der Waals surface area contributed by atoms with E-state index in [0.29, 0.717) is 35.9 Å². The van der Waals surface area contributed by atoms with Crippen molar-refractivity contribution in [1.82, 2.24) is 15.0 Å². The van der Waals surface area contributed by atoms with E-state index in [2.05, 4.69) is 11.1 Å². The van der Waals surface area contributed by atoms with E-state index < -0.39 is 0 Å². The van der Waals surface area contributed by atoms with Gasteiger partial charge in [-0.1, -0.05) is 25.1 Å². The van der Waals surface area contributed by atoms with Gasteiger partial charge in [0.25, 0.3) is 0 Å². The molecule has 2 aromatic heterocycles. The first-order valence-electron chi connectivity index (χ1n) is 12.0. The fourth-order valence-corrected chi connectivity index (χ4v) is 4.81. The predicted octanol–water partition coefficient (Wildman–Crippen LogP) is 5.37. The maximum absolute atomic E-state index is 12.1. The molecule has 0 atom stereocenters. The lowest BCUT2D eigenvalue weighted by Gasteiger charge is -2.18. The van der Waals surface area contributed by atoms with Crippen LogP contribution in [0.1, 0.15) is 77.6 Å². The van der Waals surface area contributed by atoms with Crippen LogP contribution >= 0.6 is 0 Å². The quantitative estimate of drug-likeness (QED) is 0.425. The van der Waals surface area contributed by atoms with Crippen LogP contribution in [0.5, 0.6) is 11.6 Å². The van der Waals surface area contributed by atoms with Gasteiger partial charge >= 0.3 is 0 Å². The SMILES string of the molecule is CCC(=O)c1ccc(Cc2nc3c(c(OC4CCCC4)n2)C(c2ccncc2)=CC3)c(OC)c1. The lowest BCUT2D eigenvalue weighted by molar-refractivity contribution is 0.0988. The number of benzene rings is 1. The van der Waals surface area contributed by atoms with E-state index in [4.69, 9.17) is 19.4 Å². The number of carbonyl (C=O) groups excluding carboxylic acids is 1. The van der Waals surface area contributed by atoms with Gasteiger partial charge < -0.3 is 9.47 Å². The molecule has 1 saturated carbocycles. The molecule has 0 amide bonds. The number of hydrogen-bond donors (Lipinski definition) is 0. The van der Waals surface area contributed by atoms with Gasteiger partial charge in [0.05, 0.1) is 18.4 Å². The molecule has 1 fully saturated rings. The second-order valence-electron chi connectivity index (χ2n) is 8.83. The van der Waals surface area contributed by atoms with Crippen molar-refractivity contribution in [2.75, 3.05) is 7.11 Å². The van der Waals surface area contributed by atoms with Gasteiger partial charge in [-0.25, -0.2) is 4.98 Å². The molecule has 3 aromatic rings. The molecule has 2 aliphatic rings. The Morgan fingerprint density at radius 3 is 2.62 bits per heavy atom. The first kappa shape index (κ1) is 22.3. The third kappa shape index (κ3) is 4.45. The van der Waals surface area contributed by atoms with E-state index >= 15 is 0 Å². The average molecular weight is 456 g/mol. The number of allylic oxidation sites excluding steroid dienone is 1. The Hall–Kier alpha value is -3.54. The summed E-state index contributed by atoms with van der Waals surface area (Å²) in [5.41, 5.74) is 5.80. The van der Waals surface area contributed by atoms with Gasteiger partial charge in [-0.2, -0.15) is 4.98 Å². The van der Waals surface area contributed by atoms with Crippen molar-refractivity contribution in [2.45, 2.75) is 58.0 Å². The summed E-state index contributed by atoms with van der Waals surface area (Å²) in [6.45, 7) is 1.86. The number of fused-ring (bicyclic) bond motifs is 1. The topological polar surface area (TPSA) is 74.2 Å². The van der Waals surface area contributed by atoms with Gasteiger partial charge in [0.2, 0.25) is 5.88 Å². The zero-order valence-corrected chi connectivity index (χ0v) is 19.7. The van der Waals surface area contributed by atoms with Crippen LogP contribution in [0.25, 0.3) is 5.57 Å². The lowest BCUT2D eigenvalue weighted by Crippen LogP contribution is -2.15. The molecule has 1 aromatic carbocycles. The van der Waals surface area contributed by atoms with Crippen LogP contribution in [0, 0.1) is 0 Å². The van der Waals surface area contributed by atoms with Gasteiger partial charge in [-0.15, -0.1) is 0 Å². The Bertz CT molecular complexity index is 1230. The van der Waals surface area contributed by atoms with Gasteiger partial charge in [-0.05, 0) is 55.0 Å². The maximum Gasteiger partial charge on any atom is 0.225 e. The van der Waals surface area contributed by atoms with Crippen LogP contribution in [-0.4, -0.2) is 33.9 Å². The number of rotatable bonds is 8. The molecule has 2 aliphatic carbocycles. The van der Waals surface area contributed by atoms with Crippen molar-refractivity contribution in [1.29, 1.82) is 0 Å². The molecule has 6 heteroatoms. The van der Waals surface area contributed by atoms with E-state index in [1.807, 2.05) is 37.3 Å². The molecule has 5 rings (SSSR count). The van der Waals surface area contributed by atoms with Gasteiger partial charge in [0, 0.05) is 42.8 Å². The summed E-state index contributed by atoms with van der Waals surface area (Å²) in [4.78, 5) is 26.1. The van der Waals surface area contributed by atoms with Crippen LogP contribution in [0.15, 0.2) is 48.8 Å². The molecule has 0 bridgehead atoms. The van der Waals surface area contributed by atoms with E-state index in [-0.39, 0.29) is 11.9 Å². The summed E-state index contributed by atoms with van der Waals surface area (Å²) >= 11 is 0. The molecule has 2 heterocycles. The minimum atomic E-state index is 0.0978. The number of nitrogens with zero attached hydrogens (tertiary/aromatic N) is 3. The zero-order chi connectivity index (χ0) is 23.5. The zero-order valence-electron chi connectivity index (χ0n) is 19.7. The minimum absolute atomic E-state index is 0.0978. The molecule has 0 radical (unpaired) electrons. The molecule has 0 spiro atoms. The number of ketones is 1. The molecule has 0 N–H and O–H groups in total. The highest BCUT2D eigenvalue weighted by atomic mass is 16.5. The van der Waals surface area contributed by atoms with Crippen molar-refractivity contribution in [2.24, 2.45) is 0 Å². The van der Waals surface area contributed by atoms with E-state index in [9.17, 15) is 4.79 Å². The summed E-state index contributed by atoms with van der Waals surface area (Å²) < 4.78 is 12.1. The summed E-state index contributed by atoms with van der Waals surface area (Å²) in [7, 11) is 1.63. The van der Waals surface area contributed by atoms with Gasteiger partial charge in [-0.3, -0.25) is 9.78 Å². The predicted molar refractivity (Wildman–Crippen MR) is 130 cm³/mol. The first-order chi connectivity index (χ1) is 16.7. The second-order valence-corrected chi connectivity index (χ2v) is 8.83. The molecule has 6 nitrogen and oxygen atoms in total. The second kappa shape index (κ2) is 9.75. The van der Waals surface area contributed by atoms with Crippen molar-refractivity contribution in [3.05, 3.63) is 82.6 Å². The smallest absolute Gasteiger partial charge is 0.225 e. The standard InChI is InChI=1S/C28H29N3O3/c1-3-24(32)19-8-9-20(25(16-19)33-2)17-26-30-23-11-10-22(18-12-14-29-15-13-18)27(23)28(31-26)34-21-6-4-5-7-21/h8-10,12-16,21H,3-7,11,17H2,1-2H3. The molecule has 34 heavy (non-hydrogen) atoms. The Kier molecular flexibility index (Phi) is 6.39. The summed E-state index contributed by atoms with van der Waals surface area (Å²) in [6, 6.07) is 9.64. The number of ether oxygens (including phenoxy) is 2. The number of carbonyl (C=O) groups is 1. The number of pyridine rings is 1. The summed E-state index contributed by atoms with van der Waals surface area (Å²) in [5, 5.41) is 0. The van der Waals surface area contributed by atoms with Crippen molar-refractivity contribution >= 4 is 11.4 Å². The highest BCUT2D eigenvalue weighted by Gasteiger charge is 2.27. The largest absolute Gasteiger partial charge is 0.496 e. The van der Waals surface area contributed by atoms with Crippen molar-refractivity contribution in [3.63, 3.8) is 0 Å². The Balaban J connectivity index is 1.51. The number of Topliss-reactive ketones (excluding diaryl/α,β-unsaturated/α-hetero) is 1. The average Bonchev–Trinajstić information content (AvgIpc) is 3.54. The third-order valence-electron chi connectivity index (χ3n) is 6.62.